The largest absolute Gasteiger partial charge is 0.355 e. The number of hydrogen-bond acceptors (Lipinski definition) is 5. The second kappa shape index (κ2) is 6.54. The van der Waals surface area contributed by atoms with Crippen LogP contribution in [0.5, 0.6) is 0 Å². The zero-order chi connectivity index (χ0) is 16.4. The molecule has 1 aromatic carbocycles. The highest BCUT2D eigenvalue weighted by atomic mass is 32.2. The molecule has 2 heterocycles. The van der Waals surface area contributed by atoms with Crippen LogP contribution in [0, 0.1) is 6.92 Å². The Hall–Kier alpha value is -2.15. The second-order valence-corrected chi connectivity index (χ2v) is 6.43. The lowest BCUT2D eigenvalue weighted by molar-refractivity contribution is -0.118. The first-order valence-corrected chi connectivity index (χ1v) is 8.57. The first kappa shape index (κ1) is 15.7. The maximum atomic E-state index is 11.7. The third-order valence-electron chi connectivity index (χ3n) is 3.64. The van der Waals surface area contributed by atoms with Gasteiger partial charge in [0.15, 0.2) is 5.65 Å². The zero-order valence-electron chi connectivity index (χ0n) is 13.5. The van der Waals surface area contributed by atoms with Crippen LogP contribution in [0.2, 0.25) is 0 Å². The van der Waals surface area contributed by atoms with Gasteiger partial charge in [0, 0.05) is 19.0 Å². The number of fused-ring (bicyclic) bond motifs is 3. The van der Waals surface area contributed by atoms with E-state index < -0.39 is 0 Å². The molecule has 120 valence electrons. The Morgan fingerprint density at radius 2 is 2.17 bits per heavy atom. The number of hydrogen-bond donors (Lipinski definition) is 1. The highest BCUT2D eigenvalue weighted by Gasteiger charge is 2.13. The number of amides is 1. The van der Waals surface area contributed by atoms with Crippen LogP contribution in [-0.4, -0.2) is 38.0 Å². The van der Waals surface area contributed by atoms with Crippen molar-refractivity contribution in [3.05, 3.63) is 23.8 Å². The summed E-state index contributed by atoms with van der Waals surface area (Å²) in [5.41, 5.74) is 3.84. The first-order valence-electron chi connectivity index (χ1n) is 7.59. The number of carbonyl (C=O) groups excluding carboxylic acids is 1. The van der Waals surface area contributed by atoms with E-state index >= 15 is 0 Å². The van der Waals surface area contributed by atoms with Gasteiger partial charge in [-0.15, -0.1) is 10.2 Å². The van der Waals surface area contributed by atoms with E-state index in [0.29, 0.717) is 17.5 Å². The Morgan fingerprint density at radius 1 is 1.35 bits per heavy atom. The van der Waals surface area contributed by atoms with E-state index in [1.54, 1.807) is 0 Å². The van der Waals surface area contributed by atoms with Crippen molar-refractivity contribution in [1.29, 1.82) is 0 Å². The highest BCUT2D eigenvalue weighted by molar-refractivity contribution is 7.99. The van der Waals surface area contributed by atoms with Crippen molar-refractivity contribution < 1.29 is 4.79 Å². The van der Waals surface area contributed by atoms with Crippen LogP contribution in [0.4, 0.5) is 0 Å². The van der Waals surface area contributed by atoms with Gasteiger partial charge >= 0.3 is 0 Å². The lowest BCUT2D eigenvalue weighted by Crippen LogP contribution is -2.25. The minimum atomic E-state index is -0.00628. The maximum Gasteiger partial charge on any atom is 0.230 e. The van der Waals surface area contributed by atoms with Gasteiger partial charge < -0.3 is 9.88 Å². The van der Waals surface area contributed by atoms with E-state index in [1.807, 2.05) is 18.5 Å². The summed E-state index contributed by atoms with van der Waals surface area (Å²) in [6.45, 7) is 4.77. The van der Waals surface area contributed by atoms with Crippen molar-refractivity contribution in [3.63, 3.8) is 0 Å². The lowest BCUT2D eigenvalue weighted by atomic mass is 10.2. The quantitative estimate of drug-likeness (QED) is 0.728. The van der Waals surface area contributed by atoms with E-state index in [2.05, 4.69) is 45.6 Å². The minimum absolute atomic E-state index is 0.00628. The molecule has 0 saturated carbocycles. The summed E-state index contributed by atoms with van der Waals surface area (Å²) in [6.07, 6.45) is 0.926. The van der Waals surface area contributed by atoms with Crippen molar-refractivity contribution in [2.24, 2.45) is 7.05 Å². The van der Waals surface area contributed by atoms with Gasteiger partial charge in [-0.1, -0.05) is 30.3 Å². The van der Waals surface area contributed by atoms with Gasteiger partial charge in [-0.3, -0.25) is 4.79 Å². The SMILES string of the molecule is CCCNC(=O)CSc1nnc2c3cc(C)ccc3n(C)c2n1. The Bertz CT molecular complexity index is 874. The van der Waals surface area contributed by atoms with E-state index in [-0.39, 0.29) is 5.91 Å². The standard InChI is InChI=1S/C16H19N5OS/c1-4-7-17-13(22)9-23-16-18-15-14(19-20-16)11-8-10(2)5-6-12(11)21(15)3/h5-6,8H,4,7,9H2,1-3H3,(H,17,22). The molecule has 0 aliphatic carbocycles. The third kappa shape index (κ3) is 3.14. The number of aryl methyl sites for hydroxylation is 2. The molecular weight excluding hydrogens is 310 g/mol. The molecule has 7 heteroatoms. The van der Waals surface area contributed by atoms with Crippen molar-refractivity contribution in [3.8, 4) is 0 Å². The molecule has 0 unspecified atom stereocenters. The third-order valence-corrected chi connectivity index (χ3v) is 4.48. The van der Waals surface area contributed by atoms with E-state index in [9.17, 15) is 4.79 Å². The molecule has 0 aliphatic rings. The number of benzene rings is 1. The molecule has 3 aromatic rings. The highest BCUT2D eigenvalue weighted by Crippen LogP contribution is 2.26. The average Bonchev–Trinajstić information content (AvgIpc) is 2.83. The van der Waals surface area contributed by atoms with E-state index in [0.717, 1.165) is 28.5 Å². The summed E-state index contributed by atoms with van der Waals surface area (Å²) in [7, 11) is 1.97. The van der Waals surface area contributed by atoms with Crippen molar-refractivity contribution in [2.75, 3.05) is 12.3 Å². The van der Waals surface area contributed by atoms with E-state index in [1.165, 1.54) is 17.3 Å². The molecule has 0 spiro atoms. The molecule has 2 aromatic heterocycles. The van der Waals surface area contributed by atoms with Gasteiger partial charge in [0.05, 0.1) is 11.3 Å². The van der Waals surface area contributed by atoms with Crippen LogP contribution >= 0.6 is 11.8 Å². The van der Waals surface area contributed by atoms with Crippen LogP contribution in [-0.2, 0) is 11.8 Å². The number of rotatable bonds is 5. The molecule has 6 nitrogen and oxygen atoms in total. The molecular formula is C16H19N5OS. The monoisotopic (exact) mass is 329 g/mol. The van der Waals surface area contributed by atoms with Crippen LogP contribution < -0.4 is 5.32 Å². The molecule has 0 saturated heterocycles. The molecule has 0 atom stereocenters. The topological polar surface area (TPSA) is 72.7 Å². The molecule has 3 rings (SSSR count). The van der Waals surface area contributed by atoms with Crippen LogP contribution in [0.3, 0.4) is 0 Å². The molecule has 0 radical (unpaired) electrons. The first-order chi connectivity index (χ1) is 11.1. The summed E-state index contributed by atoms with van der Waals surface area (Å²) < 4.78 is 2.01. The second-order valence-electron chi connectivity index (χ2n) is 5.48. The molecule has 1 N–H and O–H groups in total. The van der Waals surface area contributed by atoms with Crippen molar-refractivity contribution >= 4 is 39.7 Å². The summed E-state index contributed by atoms with van der Waals surface area (Å²) in [6, 6.07) is 6.24. The van der Waals surface area contributed by atoms with Crippen molar-refractivity contribution in [2.45, 2.75) is 25.4 Å². The fraction of sp³-hybridized carbons (Fsp3) is 0.375. The van der Waals surface area contributed by atoms with Crippen LogP contribution in [0.25, 0.3) is 22.1 Å². The number of nitrogens with zero attached hydrogens (tertiary/aromatic N) is 4. The molecule has 0 bridgehead atoms. The Kier molecular flexibility index (Phi) is 4.47. The van der Waals surface area contributed by atoms with Crippen molar-refractivity contribution in [1.82, 2.24) is 25.1 Å². The summed E-state index contributed by atoms with van der Waals surface area (Å²) in [5, 5.41) is 12.9. The zero-order valence-corrected chi connectivity index (χ0v) is 14.3. The fourth-order valence-electron chi connectivity index (χ4n) is 2.46. The number of thioether (sulfide) groups is 1. The van der Waals surface area contributed by atoms with Crippen LogP contribution in [0.1, 0.15) is 18.9 Å². The normalized spacial score (nSPS) is 11.3. The van der Waals surface area contributed by atoms with Gasteiger partial charge in [-0.05, 0) is 25.5 Å². The average molecular weight is 329 g/mol. The van der Waals surface area contributed by atoms with Gasteiger partial charge in [0.2, 0.25) is 11.1 Å². The summed E-state index contributed by atoms with van der Waals surface area (Å²) in [5.74, 6) is 0.296. The fourth-order valence-corrected chi connectivity index (χ4v) is 3.08. The number of aromatic nitrogens is 4. The van der Waals surface area contributed by atoms with Gasteiger partial charge in [-0.25, -0.2) is 4.98 Å². The summed E-state index contributed by atoms with van der Waals surface area (Å²) >= 11 is 1.31. The van der Waals surface area contributed by atoms with Gasteiger partial charge in [-0.2, -0.15) is 0 Å². The molecule has 23 heavy (non-hydrogen) atoms. The Labute approximate surface area is 138 Å². The predicted octanol–water partition coefficient (Wildman–Crippen LogP) is 2.44. The minimum Gasteiger partial charge on any atom is -0.355 e. The number of nitrogens with one attached hydrogen (secondary N) is 1. The van der Waals surface area contributed by atoms with Gasteiger partial charge in [0.25, 0.3) is 0 Å². The molecule has 0 aliphatic heterocycles. The molecule has 0 fully saturated rings. The van der Waals surface area contributed by atoms with Gasteiger partial charge in [0.1, 0.15) is 5.52 Å². The predicted molar refractivity (Wildman–Crippen MR) is 92.6 cm³/mol. The smallest absolute Gasteiger partial charge is 0.230 e. The van der Waals surface area contributed by atoms with Crippen LogP contribution in [0.15, 0.2) is 23.4 Å². The molecule has 1 amide bonds. The number of carbonyl (C=O) groups is 1. The lowest BCUT2D eigenvalue weighted by Gasteiger charge is -2.02. The maximum absolute atomic E-state index is 11.7. The van der Waals surface area contributed by atoms with E-state index in [4.69, 9.17) is 0 Å². The Morgan fingerprint density at radius 3 is 2.96 bits per heavy atom. The Balaban J connectivity index is 1.89. The summed E-state index contributed by atoms with van der Waals surface area (Å²) in [4.78, 5) is 16.2.